The first-order valence-electron chi connectivity index (χ1n) is 32.0. The van der Waals surface area contributed by atoms with Gasteiger partial charge in [0.2, 0.25) is 0 Å². The smallest absolute Gasteiger partial charge is 0.306 e. The van der Waals surface area contributed by atoms with E-state index >= 15 is 0 Å². The zero-order valence-corrected chi connectivity index (χ0v) is 50.2. The van der Waals surface area contributed by atoms with Crippen LogP contribution in [0.4, 0.5) is 0 Å². The highest BCUT2D eigenvalue weighted by atomic mass is 16.6. The van der Waals surface area contributed by atoms with E-state index in [0.29, 0.717) is 12.8 Å². The van der Waals surface area contributed by atoms with Crippen LogP contribution in [0.2, 0.25) is 0 Å². The zero-order valence-electron chi connectivity index (χ0n) is 50.2. The third-order valence-corrected chi connectivity index (χ3v) is 13.4. The molecule has 0 spiro atoms. The molecule has 1 atom stereocenters. The van der Waals surface area contributed by atoms with Gasteiger partial charge in [0.05, 0.1) is 0 Å². The number of carbonyl (C=O) groups excluding carboxylic acids is 3. The van der Waals surface area contributed by atoms with Gasteiger partial charge in [0, 0.05) is 19.3 Å². The molecule has 0 aromatic carbocycles. The van der Waals surface area contributed by atoms with Crippen molar-refractivity contribution >= 4 is 17.9 Å². The van der Waals surface area contributed by atoms with Crippen LogP contribution in [0, 0.1) is 0 Å². The first-order chi connectivity index (χ1) is 38.0. The Morgan fingerprint density at radius 2 is 0.532 bits per heavy atom. The van der Waals surface area contributed by atoms with Crippen LogP contribution in [0.15, 0.2) is 122 Å². The molecule has 0 aliphatic rings. The predicted molar refractivity (Wildman–Crippen MR) is 334 cm³/mol. The molecule has 6 heteroatoms. The van der Waals surface area contributed by atoms with Crippen molar-refractivity contribution < 1.29 is 28.6 Å². The molecule has 0 rings (SSSR count). The molecule has 0 aliphatic heterocycles. The average Bonchev–Trinajstić information content (AvgIpc) is 3.43. The van der Waals surface area contributed by atoms with E-state index in [-0.39, 0.29) is 44.0 Å². The first kappa shape index (κ1) is 72.8. The van der Waals surface area contributed by atoms with Gasteiger partial charge in [-0.2, -0.15) is 0 Å². The summed E-state index contributed by atoms with van der Waals surface area (Å²) in [5.74, 6) is -1.01. The van der Waals surface area contributed by atoms with Crippen molar-refractivity contribution in [1.82, 2.24) is 0 Å². The molecule has 0 N–H and O–H groups in total. The molecular formula is C71H118O6. The Bertz CT molecular complexity index is 1600. The van der Waals surface area contributed by atoms with Gasteiger partial charge in [0.25, 0.3) is 0 Å². The van der Waals surface area contributed by atoms with Crippen molar-refractivity contribution in [2.45, 2.75) is 297 Å². The van der Waals surface area contributed by atoms with Crippen molar-refractivity contribution in [3.63, 3.8) is 0 Å². The number of ether oxygens (including phenoxy) is 3. The molecule has 0 heterocycles. The highest BCUT2D eigenvalue weighted by Crippen LogP contribution is 2.16. The van der Waals surface area contributed by atoms with Gasteiger partial charge in [-0.15, -0.1) is 0 Å². The highest BCUT2D eigenvalue weighted by molar-refractivity contribution is 5.71. The number of esters is 3. The number of unbranched alkanes of at least 4 members (excludes halogenated alkanes) is 26. The summed E-state index contributed by atoms with van der Waals surface area (Å²) in [5.41, 5.74) is 0. The van der Waals surface area contributed by atoms with Crippen LogP contribution in [0.25, 0.3) is 0 Å². The van der Waals surface area contributed by atoms with Crippen LogP contribution >= 0.6 is 0 Å². The minimum absolute atomic E-state index is 0.110. The molecule has 0 saturated carbocycles. The Morgan fingerprint density at radius 1 is 0.273 bits per heavy atom. The molecule has 0 bridgehead atoms. The van der Waals surface area contributed by atoms with E-state index in [0.717, 1.165) is 116 Å². The number of allylic oxidation sites excluding steroid dienone is 20. The fourth-order valence-corrected chi connectivity index (χ4v) is 8.71. The minimum Gasteiger partial charge on any atom is -0.462 e. The SMILES string of the molecule is CC/C=C\C/C=C\C/C=C\C/C=C\C/C=C\CCCCCCCC(=O)OC(COC(=O)CC/C=C\C/C=C\C/C=C\C/C=C\CC)COC(=O)CCCCCCCCCCCCCCC/C=C\CCCCCCCCCC. The summed E-state index contributed by atoms with van der Waals surface area (Å²) in [7, 11) is 0. The molecule has 0 radical (unpaired) electrons. The third-order valence-electron chi connectivity index (χ3n) is 13.4. The topological polar surface area (TPSA) is 78.9 Å². The van der Waals surface area contributed by atoms with Gasteiger partial charge in [-0.25, -0.2) is 0 Å². The molecule has 0 saturated heterocycles. The Kier molecular flexibility index (Phi) is 60.8. The van der Waals surface area contributed by atoms with E-state index in [1.165, 1.54) is 128 Å². The Hall–Kier alpha value is -4.19. The molecule has 77 heavy (non-hydrogen) atoms. The third kappa shape index (κ3) is 62.5. The van der Waals surface area contributed by atoms with Crippen LogP contribution in [0.1, 0.15) is 290 Å². The molecule has 0 aromatic heterocycles. The summed E-state index contributed by atoms with van der Waals surface area (Å²) in [6.45, 7) is 6.35. The Morgan fingerprint density at radius 3 is 0.883 bits per heavy atom. The van der Waals surface area contributed by atoms with E-state index < -0.39 is 6.10 Å². The average molecular weight is 1070 g/mol. The van der Waals surface area contributed by atoms with Gasteiger partial charge in [0.1, 0.15) is 13.2 Å². The lowest BCUT2D eigenvalue weighted by molar-refractivity contribution is -0.166. The van der Waals surface area contributed by atoms with Crippen LogP contribution in [0.5, 0.6) is 0 Å². The number of rotatable bonds is 57. The van der Waals surface area contributed by atoms with Gasteiger partial charge in [-0.05, 0) is 116 Å². The second-order valence-electron chi connectivity index (χ2n) is 20.9. The maximum atomic E-state index is 12.9. The summed E-state index contributed by atoms with van der Waals surface area (Å²) < 4.78 is 16.8. The Labute approximate surface area is 475 Å². The maximum Gasteiger partial charge on any atom is 0.306 e. The van der Waals surface area contributed by atoms with Crippen LogP contribution in [-0.4, -0.2) is 37.2 Å². The summed E-state index contributed by atoms with van der Waals surface area (Å²) >= 11 is 0. The van der Waals surface area contributed by atoms with E-state index in [9.17, 15) is 14.4 Å². The van der Waals surface area contributed by atoms with Gasteiger partial charge in [-0.3, -0.25) is 14.4 Å². The first-order valence-corrected chi connectivity index (χ1v) is 32.0. The molecule has 0 aromatic rings. The van der Waals surface area contributed by atoms with E-state index in [4.69, 9.17) is 14.2 Å². The minimum atomic E-state index is -0.822. The van der Waals surface area contributed by atoms with E-state index in [1.807, 2.05) is 6.08 Å². The summed E-state index contributed by atoms with van der Waals surface area (Å²) in [4.78, 5) is 38.2. The second kappa shape index (κ2) is 64.3. The van der Waals surface area contributed by atoms with Crippen LogP contribution in [-0.2, 0) is 28.6 Å². The second-order valence-corrected chi connectivity index (χ2v) is 20.9. The van der Waals surface area contributed by atoms with E-state index in [1.54, 1.807) is 0 Å². The fraction of sp³-hybridized carbons (Fsp3) is 0.676. The molecule has 438 valence electrons. The fourth-order valence-electron chi connectivity index (χ4n) is 8.71. The summed E-state index contributed by atoms with van der Waals surface area (Å²) in [5, 5.41) is 0. The lowest BCUT2D eigenvalue weighted by Gasteiger charge is -2.18. The molecule has 1 unspecified atom stereocenters. The zero-order chi connectivity index (χ0) is 55.7. The Balaban J connectivity index is 4.39. The van der Waals surface area contributed by atoms with Gasteiger partial charge < -0.3 is 14.2 Å². The number of carbonyl (C=O) groups is 3. The van der Waals surface area contributed by atoms with Crippen molar-refractivity contribution in [1.29, 1.82) is 0 Å². The van der Waals surface area contributed by atoms with Crippen LogP contribution in [0.3, 0.4) is 0 Å². The molecule has 6 nitrogen and oxygen atoms in total. The summed E-state index contributed by atoms with van der Waals surface area (Å²) in [6, 6.07) is 0. The van der Waals surface area contributed by atoms with E-state index in [2.05, 4.69) is 136 Å². The molecule has 0 aliphatic carbocycles. The van der Waals surface area contributed by atoms with Crippen molar-refractivity contribution in [2.24, 2.45) is 0 Å². The van der Waals surface area contributed by atoms with Crippen molar-refractivity contribution in [3.8, 4) is 0 Å². The van der Waals surface area contributed by atoms with Gasteiger partial charge >= 0.3 is 17.9 Å². The summed E-state index contributed by atoms with van der Waals surface area (Å²) in [6.07, 6.45) is 89.4. The predicted octanol–water partition coefficient (Wildman–Crippen LogP) is 22.0. The highest BCUT2D eigenvalue weighted by Gasteiger charge is 2.19. The lowest BCUT2D eigenvalue weighted by Crippen LogP contribution is -2.30. The maximum absolute atomic E-state index is 12.9. The number of hydrogen-bond donors (Lipinski definition) is 0. The normalized spacial score (nSPS) is 12.9. The van der Waals surface area contributed by atoms with Crippen molar-refractivity contribution in [3.05, 3.63) is 122 Å². The monoisotopic (exact) mass is 1070 g/mol. The molecular weight excluding hydrogens is 949 g/mol. The van der Waals surface area contributed by atoms with Gasteiger partial charge in [-0.1, -0.05) is 277 Å². The lowest BCUT2D eigenvalue weighted by atomic mass is 10.0. The molecule has 0 fully saturated rings. The largest absolute Gasteiger partial charge is 0.462 e. The molecule has 0 amide bonds. The standard InChI is InChI=1S/C71H118O6/c1-4-7-10-13-16-19-22-25-27-29-31-33-34-35-36-38-39-41-43-46-49-52-55-58-61-64-70(73)76-67-68(66-75-69(72)63-60-57-54-51-48-45-24-21-18-15-12-9-6-3)77-71(74)65-62-59-56-53-50-47-44-42-40-37-32-30-28-26-23-20-17-14-11-8-5-2/h8-9,11-12,17-18,20-21,26,28-29,31-32,37,42,44-45,48,54,57,68H,4-7,10,13-16,19,22-25,27,30,33-36,38-41,43,46-47,49-53,55-56,58-67H2,1-3H3/b11-8-,12-9-,20-17-,21-18-,28-26-,31-29-,37-32-,44-42-,48-45-,57-54-. The van der Waals surface area contributed by atoms with Gasteiger partial charge in [0.15, 0.2) is 6.10 Å². The number of hydrogen-bond acceptors (Lipinski definition) is 6. The van der Waals surface area contributed by atoms with Crippen LogP contribution < -0.4 is 0 Å². The quantitative estimate of drug-likeness (QED) is 0.0261. The van der Waals surface area contributed by atoms with Crippen molar-refractivity contribution in [2.75, 3.05) is 13.2 Å².